The van der Waals surface area contributed by atoms with Crippen molar-refractivity contribution in [2.45, 2.75) is 52.4 Å². The first-order valence-corrected chi connectivity index (χ1v) is 11.1. The molecule has 1 saturated heterocycles. The van der Waals surface area contributed by atoms with Gasteiger partial charge in [-0.25, -0.2) is 0 Å². The Labute approximate surface area is 180 Å². The molecule has 5 heteroatoms. The van der Waals surface area contributed by atoms with Crippen LogP contribution in [0.15, 0.2) is 61.1 Å². The molecule has 1 atom stereocenters. The summed E-state index contributed by atoms with van der Waals surface area (Å²) in [5.74, 6) is 0. The molecule has 1 aliphatic rings. The average Bonchev–Trinajstić information content (AvgIpc) is 3.36. The third-order valence-corrected chi connectivity index (χ3v) is 6.28. The van der Waals surface area contributed by atoms with Crippen molar-refractivity contribution in [2.24, 2.45) is 0 Å². The van der Waals surface area contributed by atoms with Crippen molar-refractivity contribution < 1.29 is 0 Å². The highest BCUT2D eigenvalue weighted by molar-refractivity contribution is 5.20. The molecule has 0 spiro atoms. The second-order valence-electron chi connectivity index (χ2n) is 8.35. The molecule has 1 aromatic carbocycles. The molecule has 1 unspecified atom stereocenters. The van der Waals surface area contributed by atoms with Gasteiger partial charge in [0.1, 0.15) is 0 Å². The Morgan fingerprint density at radius 1 is 1.03 bits per heavy atom. The molecular formula is C25H33N5. The summed E-state index contributed by atoms with van der Waals surface area (Å²) in [6.07, 6.45) is 8.50. The van der Waals surface area contributed by atoms with E-state index >= 15 is 0 Å². The van der Waals surface area contributed by atoms with Gasteiger partial charge in [-0.2, -0.15) is 5.10 Å². The quantitative estimate of drug-likeness (QED) is 0.539. The minimum absolute atomic E-state index is 0.645. The van der Waals surface area contributed by atoms with Crippen molar-refractivity contribution in [1.82, 2.24) is 24.6 Å². The normalized spacial score (nSPS) is 17.1. The molecule has 5 nitrogen and oxygen atoms in total. The number of nitrogens with zero attached hydrogens (tertiary/aromatic N) is 5. The molecule has 158 valence electrons. The molecule has 0 saturated carbocycles. The summed E-state index contributed by atoms with van der Waals surface area (Å²) >= 11 is 0. The van der Waals surface area contributed by atoms with Crippen LogP contribution in [0.5, 0.6) is 0 Å². The fraction of sp³-hybridized carbons (Fsp3) is 0.440. The molecule has 0 aliphatic carbocycles. The molecule has 2 aromatic heterocycles. The standard InChI is InChI=1S/C25H33N5/c1-3-29-14-8-12-25(29)20-28(17-23-11-7-13-26-15-23)19-24-16-27-30(21(24)2)18-22-9-5-4-6-10-22/h4-7,9-11,13,15-16,25H,3,8,12,14,17-20H2,1-2H3. The summed E-state index contributed by atoms with van der Waals surface area (Å²) in [6.45, 7) is 10.6. The van der Waals surface area contributed by atoms with Crippen LogP contribution >= 0.6 is 0 Å². The first kappa shape index (κ1) is 20.8. The molecule has 3 heterocycles. The molecule has 0 radical (unpaired) electrons. The van der Waals surface area contributed by atoms with Crippen LogP contribution in [0.3, 0.4) is 0 Å². The highest BCUT2D eigenvalue weighted by Crippen LogP contribution is 2.21. The summed E-state index contributed by atoms with van der Waals surface area (Å²) < 4.78 is 2.13. The number of hydrogen-bond acceptors (Lipinski definition) is 4. The van der Waals surface area contributed by atoms with Crippen molar-refractivity contribution in [1.29, 1.82) is 0 Å². The van der Waals surface area contributed by atoms with Gasteiger partial charge in [0.05, 0.1) is 12.7 Å². The maximum absolute atomic E-state index is 4.70. The van der Waals surface area contributed by atoms with E-state index in [1.54, 1.807) is 0 Å². The summed E-state index contributed by atoms with van der Waals surface area (Å²) in [5, 5.41) is 4.70. The Balaban J connectivity index is 1.49. The summed E-state index contributed by atoms with van der Waals surface area (Å²) in [7, 11) is 0. The SMILES string of the molecule is CCN1CCCC1CN(Cc1cccnc1)Cc1cnn(Cc2ccccc2)c1C. The van der Waals surface area contributed by atoms with Gasteiger partial charge in [0.2, 0.25) is 0 Å². The molecule has 3 aromatic rings. The smallest absolute Gasteiger partial charge is 0.0662 e. The van der Waals surface area contributed by atoms with Crippen molar-refractivity contribution in [3.63, 3.8) is 0 Å². The van der Waals surface area contributed by atoms with Crippen LogP contribution in [-0.4, -0.2) is 50.2 Å². The lowest BCUT2D eigenvalue weighted by atomic mass is 10.1. The van der Waals surface area contributed by atoms with Gasteiger partial charge in [-0.1, -0.05) is 43.3 Å². The van der Waals surface area contributed by atoms with Crippen LogP contribution in [-0.2, 0) is 19.6 Å². The van der Waals surface area contributed by atoms with E-state index in [2.05, 4.69) is 75.9 Å². The Kier molecular flexibility index (Phi) is 6.92. The van der Waals surface area contributed by atoms with Crippen molar-refractivity contribution in [2.75, 3.05) is 19.6 Å². The fourth-order valence-corrected chi connectivity index (χ4v) is 4.55. The van der Waals surface area contributed by atoms with E-state index in [4.69, 9.17) is 5.10 Å². The third-order valence-electron chi connectivity index (χ3n) is 6.28. The number of benzene rings is 1. The maximum atomic E-state index is 4.70. The van der Waals surface area contributed by atoms with Crippen LogP contribution in [0.25, 0.3) is 0 Å². The topological polar surface area (TPSA) is 37.2 Å². The number of pyridine rings is 1. The van der Waals surface area contributed by atoms with Crippen LogP contribution in [0.1, 0.15) is 42.1 Å². The van der Waals surface area contributed by atoms with E-state index in [-0.39, 0.29) is 0 Å². The van der Waals surface area contributed by atoms with Crippen LogP contribution in [0.2, 0.25) is 0 Å². The second kappa shape index (κ2) is 10.0. The van der Waals surface area contributed by atoms with Crippen molar-refractivity contribution >= 4 is 0 Å². The van der Waals surface area contributed by atoms with Gasteiger partial charge in [0.15, 0.2) is 0 Å². The lowest BCUT2D eigenvalue weighted by Gasteiger charge is -2.30. The highest BCUT2D eigenvalue weighted by Gasteiger charge is 2.25. The highest BCUT2D eigenvalue weighted by atomic mass is 15.3. The zero-order valence-electron chi connectivity index (χ0n) is 18.2. The van der Waals surface area contributed by atoms with E-state index in [1.165, 1.54) is 41.8 Å². The monoisotopic (exact) mass is 403 g/mol. The predicted molar refractivity (Wildman–Crippen MR) is 121 cm³/mol. The lowest BCUT2D eigenvalue weighted by Crippen LogP contribution is -2.39. The molecule has 0 N–H and O–H groups in total. The lowest BCUT2D eigenvalue weighted by molar-refractivity contribution is 0.165. The molecule has 0 amide bonds. The van der Waals surface area contributed by atoms with E-state index < -0.39 is 0 Å². The number of rotatable bonds is 9. The van der Waals surface area contributed by atoms with Gasteiger partial charge >= 0.3 is 0 Å². The van der Waals surface area contributed by atoms with Crippen molar-refractivity contribution in [3.05, 3.63) is 83.4 Å². The molecular weight excluding hydrogens is 370 g/mol. The Morgan fingerprint density at radius 3 is 2.63 bits per heavy atom. The minimum atomic E-state index is 0.645. The van der Waals surface area contributed by atoms with Gasteiger partial charge in [0.25, 0.3) is 0 Å². The molecule has 1 fully saturated rings. The van der Waals surface area contributed by atoms with Gasteiger partial charge in [-0.15, -0.1) is 0 Å². The third kappa shape index (κ3) is 5.15. The van der Waals surface area contributed by atoms with E-state index in [1.807, 2.05) is 18.5 Å². The number of likely N-dealkylation sites (N-methyl/N-ethyl adjacent to an activating group) is 1. The van der Waals surface area contributed by atoms with Crippen LogP contribution < -0.4 is 0 Å². The van der Waals surface area contributed by atoms with Gasteiger partial charge in [0, 0.05) is 49.3 Å². The zero-order valence-corrected chi connectivity index (χ0v) is 18.2. The summed E-state index contributed by atoms with van der Waals surface area (Å²) in [6, 6.07) is 15.4. The number of hydrogen-bond donors (Lipinski definition) is 0. The largest absolute Gasteiger partial charge is 0.299 e. The maximum Gasteiger partial charge on any atom is 0.0662 e. The number of likely N-dealkylation sites (tertiary alicyclic amines) is 1. The molecule has 4 rings (SSSR count). The number of aromatic nitrogens is 3. The Morgan fingerprint density at radius 2 is 1.87 bits per heavy atom. The summed E-state index contributed by atoms with van der Waals surface area (Å²) in [4.78, 5) is 9.53. The van der Waals surface area contributed by atoms with Crippen molar-refractivity contribution in [3.8, 4) is 0 Å². The Hall–Kier alpha value is -2.50. The Bertz CT molecular complexity index is 906. The first-order valence-electron chi connectivity index (χ1n) is 11.1. The van der Waals surface area contributed by atoms with Crippen LogP contribution in [0.4, 0.5) is 0 Å². The second-order valence-corrected chi connectivity index (χ2v) is 8.35. The van der Waals surface area contributed by atoms with Gasteiger partial charge < -0.3 is 0 Å². The minimum Gasteiger partial charge on any atom is -0.299 e. The first-order chi connectivity index (χ1) is 14.7. The molecule has 30 heavy (non-hydrogen) atoms. The van der Waals surface area contributed by atoms with Gasteiger partial charge in [-0.3, -0.25) is 19.5 Å². The average molecular weight is 404 g/mol. The zero-order chi connectivity index (χ0) is 20.8. The van der Waals surface area contributed by atoms with Gasteiger partial charge in [-0.05, 0) is 50.0 Å². The van der Waals surface area contributed by atoms with E-state index in [0.29, 0.717) is 6.04 Å². The molecule has 0 bridgehead atoms. The molecule has 1 aliphatic heterocycles. The predicted octanol–water partition coefficient (Wildman–Crippen LogP) is 4.12. The van der Waals surface area contributed by atoms with Crippen LogP contribution in [0, 0.1) is 6.92 Å². The van der Waals surface area contributed by atoms with E-state index in [9.17, 15) is 0 Å². The van der Waals surface area contributed by atoms with E-state index in [0.717, 1.165) is 32.7 Å². The fourth-order valence-electron chi connectivity index (χ4n) is 4.55. The summed E-state index contributed by atoms with van der Waals surface area (Å²) in [5.41, 5.74) is 5.13.